The largest absolute Gasteiger partial charge is 0.458 e. The van der Waals surface area contributed by atoms with Crippen molar-refractivity contribution in [3.05, 3.63) is 0 Å². The lowest BCUT2D eigenvalue weighted by Crippen LogP contribution is -2.39. The van der Waals surface area contributed by atoms with E-state index >= 15 is 0 Å². The van der Waals surface area contributed by atoms with Gasteiger partial charge in [-0.2, -0.15) is 5.26 Å². The average Bonchev–Trinajstić information content (AvgIpc) is 2.14. The van der Waals surface area contributed by atoms with E-state index in [1.165, 1.54) is 0 Å². The van der Waals surface area contributed by atoms with E-state index in [1.54, 1.807) is 20.8 Å². The highest BCUT2D eigenvalue weighted by Gasteiger charge is 2.28. The third-order valence-electron chi connectivity index (χ3n) is 1.80. The summed E-state index contributed by atoms with van der Waals surface area (Å²) in [6.07, 6.45) is -1.79. The van der Waals surface area contributed by atoms with Gasteiger partial charge in [0, 0.05) is 6.42 Å². The molecule has 5 nitrogen and oxygen atoms in total. The fourth-order valence-corrected chi connectivity index (χ4v) is 1.07. The van der Waals surface area contributed by atoms with E-state index in [4.69, 9.17) is 10.00 Å². The molecule has 0 radical (unpaired) electrons. The third kappa shape index (κ3) is 6.38. The van der Waals surface area contributed by atoms with Crippen LogP contribution in [0.4, 0.5) is 0 Å². The Hall–Kier alpha value is -1.12. The zero-order valence-electron chi connectivity index (χ0n) is 9.93. The molecule has 0 fully saturated rings. The number of carbonyl (C=O) groups is 1. The van der Waals surface area contributed by atoms with Crippen molar-refractivity contribution in [2.75, 3.05) is 0 Å². The van der Waals surface area contributed by atoms with Gasteiger partial charge in [-0.25, -0.2) is 4.79 Å². The predicted molar refractivity (Wildman–Crippen MR) is 57.3 cm³/mol. The van der Waals surface area contributed by atoms with Gasteiger partial charge in [-0.05, 0) is 33.6 Å². The molecule has 0 aromatic carbocycles. The summed E-state index contributed by atoms with van der Waals surface area (Å²) in [6.45, 7) is 5.04. The fraction of sp³-hybridized carbons (Fsp3) is 0.818. The van der Waals surface area contributed by atoms with Crippen LogP contribution in [0.5, 0.6) is 0 Å². The maximum atomic E-state index is 11.3. The number of nitriles is 1. The number of nitrogens with zero attached hydrogens (tertiary/aromatic N) is 1. The minimum Gasteiger partial charge on any atom is -0.458 e. The van der Waals surface area contributed by atoms with Crippen LogP contribution in [0.25, 0.3) is 0 Å². The van der Waals surface area contributed by atoms with Gasteiger partial charge in [0.25, 0.3) is 0 Å². The lowest BCUT2D eigenvalue weighted by atomic mass is 10.1. The van der Waals surface area contributed by atoms with Crippen LogP contribution < -0.4 is 0 Å². The molecule has 2 N–H and O–H groups in total. The van der Waals surface area contributed by atoms with E-state index in [1.807, 2.05) is 6.07 Å². The van der Waals surface area contributed by atoms with Crippen molar-refractivity contribution in [1.82, 2.24) is 0 Å². The number of carbonyl (C=O) groups excluding carboxylic acids is 1. The number of hydrogen-bond acceptors (Lipinski definition) is 5. The second-order valence-electron chi connectivity index (χ2n) is 4.60. The summed E-state index contributed by atoms with van der Waals surface area (Å²) >= 11 is 0. The fourth-order valence-electron chi connectivity index (χ4n) is 1.07. The van der Waals surface area contributed by atoms with Crippen LogP contribution in [-0.2, 0) is 9.53 Å². The molecule has 92 valence electrons. The molecule has 0 heterocycles. The maximum absolute atomic E-state index is 11.3. The predicted octanol–water partition coefficient (Wildman–Crippen LogP) is 0.744. The Morgan fingerprint density at radius 3 is 2.44 bits per heavy atom. The second kappa shape index (κ2) is 6.46. The highest BCUT2D eigenvalue weighted by molar-refractivity contribution is 5.75. The normalized spacial score (nSPS) is 15.0. The summed E-state index contributed by atoms with van der Waals surface area (Å²) in [7, 11) is 0. The Labute approximate surface area is 95.6 Å². The summed E-state index contributed by atoms with van der Waals surface area (Å²) in [6, 6.07) is 1.92. The Balaban J connectivity index is 4.07. The van der Waals surface area contributed by atoms with Gasteiger partial charge in [0.2, 0.25) is 0 Å². The number of unbranched alkanes of at least 4 members (excludes halogenated alkanes) is 1. The molecular weight excluding hydrogens is 210 g/mol. The van der Waals surface area contributed by atoms with Gasteiger partial charge in [-0.15, -0.1) is 0 Å². The number of aliphatic hydroxyl groups excluding tert-OH is 2. The zero-order chi connectivity index (χ0) is 12.8. The van der Waals surface area contributed by atoms with Gasteiger partial charge in [0.15, 0.2) is 6.10 Å². The Morgan fingerprint density at radius 2 is 2.00 bits per heavy atom. The van der Waals surface area contributed by atoms with E-state index in [2.05, 4.69) is 0 Å². The van der Waals surface area contributed by atoms with Crippen molar-refractivity contribution in [2.45, 2.75) is 57.8 Å². The van der Waals surface area contributed by atoms with Crippen LogP contribution in [0, 0.1) is 11.3 Å². The highest BCUT2D eigenvalue weighted by Crippen LogP contribution is 2.12. The van der Waals surface area contributed by atoms with E-state index in [9.17, 15) is 15.0 Å². The molecule has 0 bridgehead atoms. The molecule has 0 spiro atoms. The standard InChI is InChI=1S/C11H19NO4/c1-11(2,3)16-10(15)9(14)8(13)6-4-5-7-12/h8-9,13-14H,4-6H2,1-3H3/t8-,9?/m0/s1. The highest BCUT2D eigenvalue weighted by atomic mass is 16.6. The number of hydrogen-bond donors (Lipinski definition) is 2. The number of esters is 1. The molecular formula is C11H19NO4. The summed E-state index contributed by atoms with van der Waals surface area (Å²) in [5, 5.41) is 27.2. The molecule has 5 heteroatoms. The van der Waals surface area contributed by atoms with Gasteiger partial charge in [-0.3, -0.25) is 0 Å². The first-order valence-electron chi connectivity index (χ1n) is 5.24. The van der Waals surface area contributed by atoms with Crippen LogP contribution in [0.15, 0.2) is 0 Å². The molecule has 0 saturated heterocycles. The summed E-state index contributed by atoms with van der Waals surface area (Å²) in [5.41, 5.74) is -0.690. The molecule has 1 unspecified atom stereocenters. The minimum absolute atomic E-state index is 0.202. The number of aliphatic hydroxyl groups is 2. The molecule has 0 aliphatic heterocycles. The third-order valence-corrected chi connectivity index (χ3v) is 1.80. The number of ether oxygens (including phenoxy) is 1. The molecule has 2 atom stereocenters. The first-order valence-corrected chi connectivity index (χ1v) is 5.24. The van der Waals surface area contributed by atoms with Crippen molar-refractivity contribution in [2.24, 2.45) is 0 Å². The van der Waals surface area contributed by atoms with E-state index in [0.29, 0.717) is 6.42 Å². The lowest BCUT2D eigenvalue weighted by molar-refractivity contribution is -0.171. The smallest absolute Gasteiger partial charge is 0.338 e. The topological polar surface area (TPSA) is 90.6 Å². The van der Waals surface area contributed by atoms with Crippen molar-refractivity contribution in [3.8, 4) is 6.07 Å². The van der Waals surface area contributed by atoms with E-state index in [-0.39, 0.29) is 12.8 Å². The Kier molecular flexibility index (Phi) is 6.01. The molecule has 16 heavy (non-hydrogen) atoms. The molecule has 0 amide bonds. The van der Waals surface area contributed by atoms with Gasteiger partial charge in [0.1, 0.15) is 5.60 Å². The second-order valence-corrected chi connectivity index (χ2v) is 4.60. The van der Waals surface area contributed by atoms with E-state index in [0.717, 1.165) is 0 Å². The van der Waals surface area contributed by atoms with Crippen molar-refractivity contribution in [1.29, 1.82) is 5.26 Å². The van der Waals surface area contributed by atoms with Gasteiger partial charge in [-0.1, -0.05) is 0 Å². The summed E-state index contributed by atoms with van der Waals surface area (Å²) in [4.78, 5) is 11.3. The SMILES string of the molecule is CC(C)(C)OC(=O)C(O)[C@@H](O)CCCC#N. The molecule has 0 aromatic rings. The zero-order valence-corrected chi connectivity index (χ0v) is 9.93. The summed E-state index contributed by atoms with van der Waals surface area (Å²) < 4.78 is 4.91. The number of rotatable bonds is 5. The van der Waals surface area contributed by atoms with Crippen LogP contribution in [-0.4, -0.2) is 34.0 Å². The van der Waals surface area contributed by atoms with Crippen LogP contribution >= 0.6 is 0 Å². The van der Waals surface area contributed by atoms with Crippen molar-refractivity contribution in [3.63, 3.8) is 0 Å². The average molecular weight is 229 g/mol. The Bertz CT molecular complexity index is 264. The van der Waals surface area contributed by atoms with Crippen LogP contribution in [0.1, 0.15) is 40.0 Å². The Morgan fingerprint density at radius 1 is 1.44 bits per heavy atom. The van der Waals surface area contributed by atoms with Crippen LogP contribution in [0.2, 0.25) is 0 Å². The monoisotopic (exact) mass is 229 g/mol. The minimum atomic E-state index is -1.54. The molecule has 0 aliphatic rings. The van der Waals surface area contributed by atoms with Gasteiger partial charge < -0.3 is 14.9 Å². The lowest BCUT2D eigenvalue weighted by Gasteiger charge is -2.23. The molecule has 0 rings (SSSR count). The quantitative estimate of drug-likeness (QED) is 0.536. The van der Waals surface area contributed by atoms with Gasteiger partial charge in [0.05, 0.1) is 12.2 Å². The summed E-state index contributed by atoms with van der Waals surface area (Å²) in [5.74, 6) is -0.836. The molecule has 0 saturated carbocycles. The van der Waals surface area contributed by atoms with Crippen molar-refractivity contribution >= 4 is 5.97 Å². The molecule has 0 aromatic heterocycles. The first-order chi connectivity index (χ1) is 7.28. The van der Waals surface area contributed by atoms with Gasteiger partial charge >= 0.3 is 5.97 Å². The van der Waals surface area contributed by atoms with Crippen molar-refractivity contribution < 1.29 is 19.7 Å². The molecule has 0 aliphatic carbocycles. The maximum Gasteiger partial charge on any atom is 0.338 e. The first kappa shape index (κ1) is 14.9. The van der Waals surface area contributed by atoms with E-state index < -0.39 is 23.8 Å². The van der Waals surface area contributed by atoms with Crippen LogP contribution in [0.3, 0.4) is 0 Å².